The van der Waals surface area contributed by atoms with Crippen molar-refractivity contribution in [2.75, 3.05) is 5.75 Å². The zero-order valence-corrected chi connectivity index (χ0v) is 24.1. The number of hydrogen-bond acceptors (Lipinski definition) is 8. The fourth-order valence-electron chi connectivity index (χ4n) is 4.97. The number of thioether (sulfide) groups is 1. The summed E-state index contributed by atoms with van der Waals surface area (Å²) in [6.45, 7) is 0.399. The fraction of sp³-hybridized carbons (Fsp3) is 0.212. The first-order valence-corrected chi connectivity index (χ1v) is 15.0. The van der Waals surface area contributed by atoms with Gasteiger partial charge >= 0.3 is 0 Å². The van der Waals surface area contributed by atoms with Gasteiger partial charge in [-0.2, -0.15) is 5.10 Å². The molecule has 0 spiro atoms. The van der Waals surface area contributed by atoms with Crippen LogP contribution in [-0.2, 0) is 22.6 Å². The predicted molar refractivity (Wildman–Crippen MR) is 163 cm³/mol. The lowest BCUT2D eigenvalue weighted by Crippen LogP contribution is -2.31. The first-order valence-electron chi connectivity index (χ1n) is 14.0. The van der Waals surface area contributed by atoms with Crippen molar-refractivity contribution in [3.63, 3.8) is 0 Å². The summed E-state index contributed by atoms with van der Waals surface area (Å²) in [4.78, 5) is 20.7. The number of aliphatic hydroxyl groups is 1. The lowest BCUT2D eigenvalue weighted by Gasteiger charge is -2.36. The third-order valence-corrected chi connectivity index (χ3v) is 8.22. The molecule has 1 aliphatic heterocycles. The van der Waals surface area contributed by atoms with Crippen LogP contribution in [0.2, 0.25) is 0 Å². The molecule has 1 amide bonds. The highest BCUT2D eigenvalue weighted by Gasteiger charge is 2.32. The zero-order chi connectivity index (χ0) is 29.4. The van der Waals surface area contributed by atoms with E-state index in [1.165, 1.54) is 6.33 Å². The number of aromatic amines is 1. The molecule has 3 unspecified atom stereocenters. The summed E-state index contributed by atoms with van der Waals surface area (Å²) in [5.41, 5.74) is 6.37. The normalized spacial score (nSPS) is 18.3. The molecule has 10 heteroatoms. The number of carbonyl (C=O) groups is 1. The van der Waals surface area contributed by atoms with Crippen molar-refractivity contribution < 1.29 is 19.4 Å². The molecule has 9 nitrogen and oxygen atoms in total. The Hall–Kier alpha value is -4.35. The summed E-state index contributed by atoms with van der Waals surface area (Å²) in [5, 5.41) is 20.0. The van der Waals surface area contributed by atoms with E-state index in [9.17, 15) is 9.90 Å². The largest absolute Gasteiger partial charge is 0.392 e. The number of carbonyl (C=O) groups excluding carboxylic acids is 1. The van der Waals surface area contributed by atoms with Gasteiger partial charge in [0, 0.05) is 36.7 Å². The SMILES string of the molecule is O=C(NCc1cccc(-c2cccc(C3OC(CSc4ncn[nH]4)CC(c4ccc(CO)cc4)O3)c2)c1)c1cccnc1. The molecular formula is C33H31N5O4S. The molecule has 0 aliphatic carbocycles. The van der Waals surface area contributed by atoms with E-state index in [0.29, 0.717) is 24.3 Å². The van der Waals surface area contributed by atoms with Crippen LogP contribution in [-0.4, -0.2) is 43.0 Å². The molecule has 1 fully saturated rings. The Bertz CT molecular complexity index is 1630. The van der Waals surface area contributed by atoms with Gasteiger partial charge in [-0.3, -0.25) is 14.9 Å². The summed E-state index contributed by atoms with van der Waals surface area (Å²) in [7, 11) is 0. The van der Waals surface area contributed by atoms with E-state index in [0.717, 1.165) is 38.5 Å². The second kappa shape index (κ2) is 13.7. The summed E-state index contributed by atoms with van der Waals surface area (Å²) < 4.78 is 13.0. The number of aromatic nitrogens is 4. The van der Waals surface area contributed by atoms with Crippen LogP contribution in [0.3, 0.4) is 0 Å². The van der Waals surface area contributed by atoms with E-state index in [1.807, 2.05) is 48.5 Å². The van der Waals surface area contributed by atoms with E-state index >= 15 is 0 Å². The van der Waals surface area contributed by atoms with Crippen LogP contribution in [0, 0.1) is 0 Å². The highest BCUT2D eigenvalue weighted by atomic mass is 32.2. The Balaban J connectivity index is 1.19. The molecule has 3 heterocycles. The Labute approximate surface area is 253 Å². The molecule has 2 aromatic heterocycles. The molecule has 0 bridgehead atoms. The summed E-state index contributed by atoms with van der Waals surface area (Å²) in [5.74, 6) is 0.524. The minimum Gasteiger partial charge on any atom is -0.392 e. The molecule has 3 aromatic carbocycles. The van der Waals surface area contributed by atoms with Crippen molar-refractivity contribution in [2.24, 2.45) is 0 Å². The van der Waals surface area contributed by atoms with Gasteiger partial charge in [0.25, 0.3) is 5.91 Å². The van der Waals surface area contributed by atoms with Crippen LogP contribution in [0.1, 0.15) is 51.4 Å². The van der Waals surface area contributed by atoms with Crippen molar-refractivity contribution in [3.05, 3.63) is 131 Å². The third-order valence-electron chi connectivity index (χ3n) is 7.21. The van der Waals surface area contributed by atoms with Gasteiger partial charge in [0.05, 0.1) is 24.4 Å². The van der Waals surface area contributed by atoms with Crippen LogP contribution in [0.4, 0.5) is 0 Å². The van der Waals surface area contributed by atoms with Gasteiger partial charge in [-0.25, -0.2) is 4.98 Å². The van der Waals surface area contributed by atoms with Crippen LogP contribution >= 0.6 is 11.8 Å². The summed E-state index contributed by atoms with van der Waals surface area (Å²) >= 11 is 1.56. The quantitative estimate of drug-likeness (QED) is 0.178. The number of pyridine rings is 1. The number of H-pyrrole nitrogens is 1. The molecule has 5 aromatic rings. The van der Waals surface area contributed by atoms with E-state index < -0.39 is 6.29 Å². The maximum atomic E-state index is 12.5. The van der Waals surface area contributed by atoms with Gasteiger partial charge in [0.2, 0.25) is 0 Å². The lowest BCUT2D eigenvalue weighted by molar-refractivity contribution is -0.245. The Morgan fingerprint density at radius 3 is 2.56 bits per heavy atom. The smallest absolute Gasteiger partial charge is 0.253 e. The first kappa shape index (κ1) is 28.8. The van der Waals surface area contributed by atoms with E-state index in [2.05, 4.69) is 49.7 Å². The maximum absolute atomic E-state index is 12.5. The number of ether oxygens (including phenoxy) is 2. The van der Waals surface area contributed by atoms with Crippen LogP contribution in [0.5, 0.6) is 0 Å². The average molecular weight is 594 g/mol. The second-order valence-electron chi connectivity index (χ2n) is 10.2. The number of nitrogens with one attached hydrogen (secondary N) is 2. The van der Waals surface area contributed by atoms with Gasteiger partial charge in [0.1, 0.15) is 6.33 Å². The molecule has 3 atom stereocenters. The van der Waals surface area contributed by atoms with Crippen molar-refractivity contribution in [1.29, 1.82) is 0 Å². The minimum absolute atomic E-state index is 0.00113. The summed E-state index contributed by atoms with van der Waals surface area (Å²) in [6.07, 6.45) is 4.54. The molecule has 43 heavy (non-hydrogen) atoms. The molecule has 0 saturated carbocycles. The molecular weight excluding hydrogens is 562 g/mol. The molecule has 3 N–H and O–H groups in total. The third kappa shape index (κ3) is 7.36. The van der Waals surface area contributed by atoms with Crippen LogP contribution in [0.15, 0.2) is 109 Å². The van der Waals surface area contributed by atoms with E-state index in [1.54, 1.807) is 36.3 Å². The van der Waals surface area contributed by atoms with E-state index in [4.69, 9.17) is 9.47 Å². The van der Waals surface area contributed by atoms with Crippen molar-refractivity contribution in [2.45, 2.75) is 43.2 Å². The number of amides is 1. The number of aliphatic hydroxyl groups excluding tert-OH is 1. The predicted octanol–water partition coefficient (Wildman–Crippen LogP) is 5.63. The van der Waals surface area contributed by atoms with Gasteiger partial charge in [-0.15, -0.1) is 0 Å². The summed E-state index contributed by atoms with van der Waals surface area (Å²) in [6, 6.07) is 27.6. The minimum atomic E-state index is -0.571. The maximum Gasteiger partial charge on any atom is 0.253 e. The second-order valence-corrected chi connectivity index (χ2v) is 11.2. The Morgan fingerprint density at radius 1 is 0.953 bits per heavy atom. The van der Waals surface area contributed by atoms with Crippen LogP contribution in [0.25, 0.3) is 11.1 Å². The van der Waals surface area contributed by atoms with Gasteiger partial charge in [-0.05, 0) is 52.1 Å². The molecule has 1 saturated heterocycles. The van der Waals surface area contributed by atoms with Crippen LogP contribution < -0.4 is 5.32 Å². The van der Waals surface area contributed by atoms with Crippen molar-refractivity contribution in [1.82, 2.24) is 25.5 Å². The number of nitrogens with zero attached hydrogens (tertiary/aromatic N) is 3. The Morgan fingerprint density at radius 2 is 1.79 bits per heavy atom. The average Bonchev–Trinajstić information content (AvgIpc) is 3.61. The number of rotatable bonds is 10. The molecule has 218 valence electrons. The number of benzene rings is 3. The monoisotopic (exact) mass is 593 g/mol. The highest BCUT2D eigenvalue weighted by molar-refractivity contribution is 7.99. The van der Waals surface area contributed by atoms with Crippen molar-refractivity contribution >= 4 is 17.7 Å². The molecule has 6 rings (SSSR count). The van der Waals surface area contributed by atoms with E-state index in [-0.39, 0.29) is 24.7 Å². The first-order chi connectivity index (χ1) is 21.1. The van der Waals surface area contributed by atoms with Gasteiger partial charge in [0.15, 0.2) is 11.4 Å². The van der Waals surface area contributed by atoms with Gasteiger partial charge in [-0.1, -0.05) is 72.4 Å². The fourth-order valence-corrected chi connectivity index (χ4v) is 5.76. The number of hydrogen-bond donors (Lipinski definition) is 3. The Kier molecular flexibility index (Phi) is 9.19. The standard InChI is InChI=1S/C33H31N5O4S/c39-19-22-9-11-24(12-10-22)30-16-29(20-43-33-36-21-37-38-33)41-32(42-30)27-7-2-6-26(15-27)25-5-1-4-23(14-25)17-35-31(40)28-8-3-13-34-18-28/h1-15,18,21,29-30,32,39H,16-17,19-20H2,(H,35,40)(H,36,37,38). The lowest BCUT2D eigenvalue weighted by atomic mass is 9.99. The highest BCUT2D eigenvalue weighted by Crippen LogP contribution is 2.40. The molecule has 0 radical (unpaired) electrons. The topological polar surface area (TPSA) is 122 Å². The van der Waals surface area contributed by atoms with Crippen molar-refractivity contribution in [3.8, 4) is 11.1 Å². The zero-order valence-electron chi connectivity index (χ0n) is 23.3. The molecule has 1 aliphatic rings. The van der Waals surface area contributed by atoms with Gasteiger partial charge < -0.3 is 19.9 Å².